The van der Waals surface area contributed by atoms with Gasteiger partial charge < -0.3 is 5.32 Å². The molecule has 0 atom stereocenters. The van der Waals surface area contributed by atoms with Gasteiger partial charge in [0.1, 0.15) is 0 Å². The summed E-state index contributed by atoms with van der Waals surface area (Å²) in [6.07, 6.45) is 4.51. The zero-order valence-electron chi connectivity index (χ0n) is 11.2. The summed E-state index contributed by atoms with van der Waals surface area (Å²) in [5.41, 5.74) is 0.0135. The van der Waals surface area contributed by atoms with Crippen LogP contribution in [0, 0.1) is 5.92 Å². The zero-order chi connectivity index (χ0) is 15.6. The molecule has 1 aromatic carbocycles. The lowest BCUT2D eigenvalue weighted by Gasteiger charge is -2.09. The fourth-order valence-electron chi connectivity index (χ4n) is 1.99. The summed E-state index contributed by atoms with van der Waals surface area (Å²) in [7, 11) is -3.95. The molecule has 3 N–H and O–H groups in total. The molecular weight excluding hydrogens is 335 g/mol. The van der Waals surface area contributed by atoms with Gasteiger partial charge in [-0.1, -0.05) is 36.0 Å². The Morgan fingerprint density at radius 2 is 2.00 bits per heavy atom. The number of nitrogens with one attached hydrogen (secondary N) is 1. The van der Waals surface area contributed by atoms with Gasteiger partial charge in [-0.3, -0.25) is 4.79 Å². The number of hydrogen-bond donors (Lipinski definition) is 2. The van der Waals surface area contributed by atoms with Crippen molar-refractivity contribution in [3.05, 3.63) is 27.7 Å². The maximum absolute atomic E-state index is 12.1. The smallest absolute Gasteiger partial charge is 0.252 e. The van der Waals surface area contributed by atoms with Crippen LogP contribution >= 0.6 is 23.2 Å². The van der Waals surface area contributed by atoms with Crippen molar-refractivity contribution in [1.29, 1.82) is 0 Å². The first-order valence-corrected chi connectivity index (χ1v) is 8.89. The molecule has 0 spiro atoms. The molecule has 1 amide bonds. The Kier molecular flexibility index (Phi) is 5.14. The van der Waals surface area contributed by atoms with E-state index in [9.17, 15) is 13.2 Å². The topological polar surface area (TPSA) is 89.3 Å². The third-order valence-electron chi connectivity index (χ3n) is 3.35. The molecule has 1 saturated carbocycles. The summed E-state index contributed by atoms with van der Waals surface area (Å²) in [5, 5.41) is 7.75. The average Bonchev–Trinajstić information content (AvgIpc) is 3.20. The number of nitrogens with two attached hydrogens (primary N) is 1. The highest BCUT2D eigenvalue weighted by Gasteiger charge is 2.21. The van der Waals surface area contributed by atoms with Crippen LogP contribution in [0.1, 0.15) is 36.0 Å². The highest BCUT2D eigenvalue weighted by molar-refractivity contribution is 7.89. The standard InChI is InChI=1S/C13H16Cl2N2O3S/c14-11-7-9(21(16,19)20)6-10(12(11)15)13(18)17-5-1-2-8-3-4-8/h6-8H,1-5H2,(H,17,18)(H2,16,19,20). The molecule has 0 radical (unpaired) electrons. The molecule has 0 unspecified atom stereocenters. The highest BCUT2D eigenvalue weighted by atomic mass is 35.5. The second kappa shape index (κ2) is 6.52. The van der Waals surface area contributed by atoms with E-state index in [4.69, 9.17) is 28.3 Å². The fourth-order valence-corrected chi connectivity index (χ4v) is 3.03. The van der Waals surface area contributed by atoms with Crippen LogP contribution in [0.4, 0.5) is 0 Å². The van der Waals surface area contributed by atoms with Gasteiger partial charge in [0.2, 0.25) is 10.0 Å². The molecule has 0 aliphatic heterocycles. The predicted octanol–water partition coefficient (Wildman–Crippen LogP) is 2.56. The van der Waals surface area contributed by atoms with E-state index < -0.39 is 15.9 Å². The lowest BCUT2D eigenvalue weighted by atomic mass is 10.2. The first kappa shape index (κ1) is 16.5. The number of primary sulfonamides is 1. The Hall–Kier alpha value is -0.820. The molecule has 1 aliphatic rings. The predicted molar refractivity (Wildman–Crippen MR) is 82.1 cm³/mol. The molecule has 1 aromatic rings. The van der Waals surface area contributed by atoms with Gasteiger partial charge in [0.15, 0.2) is 0 Å². The Bertz CT molecular complexity index is 658. The molecule has 116 valence electrons. The van der Waals surface area contributed by atoms with Gasteiger partial charge in [-0.05, 0) is 30.9 Å². The minimum absolute atomic E-state index is 0.0135. The van der Waals surface area contributed by atoms with Crippen molar-refractivity contribution in [3.8, 4) is 0 Å². The number of halogens is 2. The van der Waals surface area contributed by atoms with Crippen molar-refractivity contribution < 1.29 is 13.2 Å². The maximum atomic E-state index is 12.1. The summed E-state index contributed by atoms with van der Waals surface area (Å²) in [4.78, 5) is 11.8. The van der Waals surface area contributed by atoms with Crippen LogP contribution < -0.4 is 10.5 Å². The third-order valence-corrected chi connectivity index (χ3v) is 5.04. The molecule has 5 nitrogen and oxygen atoms in total. The molecular formula is C13H16Cl2N2O3S. The molecule has 1 fully saturated rings. The Balaban J connectivity index is 2.09. The lowest BCUT2D eigenvalue weighted by Crippen LogP contribution is -2.25. The van der Waals surface area contributed by atoms with Gasteiger partial charge in [0.25, 0.3) is 5.91 Å². The van der Waals surface area contributed by atoms with E-state index in [-0.39, 0.29) is 20.5 Å². The summed E-state index contributed by atoms with van der Waals surface area (Å²) in [6.45, 7) is 0.517. The number of sulfonamides is 1. The molecule has 0 heterocycles. The number of benzene rings is 1. The van der Waals surface area contributed by atoms with Crippen LogP contribution in [-0.4, -0.2) is 20.9 Å². The molecule has 2 rings (SSSR count). The van der Waals surface area contributed by atoms with Crippen molar-refractivity contribution >= 4 is 39.1 Å². The largest absolute Gasteiger partial charge is 0.352 e. The highest BCUT2D eigenvalue weighted by Crippen LogP contribution is 2.33. The number of rotatable bonds is 6. The number of hydrogen-bond acceptors (Lipinski definition) is 3. The minimum atomic E-state index is -3.95. The van der Waals surface area contributed by atoms with E-state index in [1.54, 1.807) is 0 Å². The Labute approximate surface area is 133 Å². The van der Waals surface area contributed by atoms with Crippen LogP contribution in [0.2, 0.25) is 10.0 Å². The normalized spacial score (nSPS) is 15.0. The maximum Gasteiger partial charge on any atom is 0.252 e. The Morgan fingerprint density at radius 3 is 2.57 bits per heavy atom. The van der Waals surface area contributed by atoms with Crippen molar-refractivity contribution in [2.75, 3.05) is 6.54 Å². The van der Waals surface area contributed by atoms with Crippen molar-refractivity contribution in [2.24, 2.45) is 11.1 Å². The molecule has 8 heteroatoms. The third kappa shape index (κ3) is 4.57. The molecule has 0 aromatic heterocycles. The molecule has 0 saturated heterocycles. The van der Waals surface area contributed by atoms with Crippen LogP contribution in [-0.2, 0) is 10.0 Å². The van der Waals surface area contributed by atoms with Crippen LogP contribution in [0.5, 0.6) is 0 Å². The summed E-state index contributed by atoms with van der Waals surface area (Å²) in [6, 6.07) is 2.27. The van der Waals surface area contributed by atoms with E-state index in [0.29, 0.717) is 6.54 Å². The van der Waals surface area contributed by atoms with E-state index >= 15 is 0 Å². The summed E-state index contributed by atoms with van der Waals surface area (Å²) in [5.74, 6) is 0.342. The van der Waals surface area contributed by atoms with Crippen molar-refractivity contribution in [1.82, 2.24) is 5.32 Å². The molecule has 21 heavy (non-hydrogen) atoms. The number of carbonyl (C=O) groups excluding carboxylic acids is 1. The Morgan fingerprint density at radius 1 is 1.33 bits per heavy atom. The number of carbonyl (C=O) groups is 1. The zero-order valence-corrected chi connectivity index (χ0v) is 13.6. The summed E-state index contributed by atoms with van der Waals surface area (Å²) >= 11 is 11.8. The van der Waals surface area contributed by atoms with E-state index in [1.165, 1.54) is 12.8 Å². The second-order valence-electron chi connectivity index (χ2n) is 5.15. The van der Waals surface area contributed by atoms with Gasteiger partial charge in [-0.25, -0.2) is 13.6 Å². The monoisotopic (exact) mass is 350 g/mol. The average molecular weight is 351 g/mol. The quantitative estimate of drug-likeness (QED) is 0.772. The van der Waals surface area contributed by atoms with E-state index in [2.05, 4.69) is 5.32 Å². The van der Waals surface area contributed by atoms with Gasteiger partial charge in [-0.15, -0.1) is 0 Å². The van der Waals surface area contributed by atoms with Crippen molar-refractivity contribution in [2.45, 2.75) is 30.6 Å². The van der Waals surface area contributed by atoms with Crippen LogP contribution in [0.25, 0.3) is 0 Å². The van der Waals surface area contributed by atoms with Crippen LogP contribution in [0.15, 0.2) is 17.0 Å². The number of amides is 1. The second-order valence-corrected chi connectivity index (χ2v) is 7.50. The van der Waals surface area contributed by atoms with Gasteiger partial charge >= 0.3 is 0 Å². The van der Waals surface area contributed by atoms with Gasteiger partial charge in [0, 0.05) is 6.54 Å². The van der Waals surface area contributed by atoms with E-state index in [1.807, 2.05) is 0 Å². The van der Waals surface area contributed by atoms with Crippen LogP contribution in [0.3, 0.4) is 0 Å². The first-order chi connectivity index (χ1) is 9.79. The van der Waals surface area contributed by atoms with Gasteiger partial charge in [0.05, 0.1) is 20.5 Å². The lowest BCUT2D eigenvalue weighted by molar-refractivity contribution is 0.0952. The molecule has 0 bridgehead atoms. The van der Waals surface area contributed by atoms with Crippen molar-refractivity contribution in [3.63, 3.8) is 0 Å². The van der Waals surface area contributed by atoms with E-state index in [0.717, 1.165) is 30.9 Å². The fraction of sp³-hybridized carbons (Fsp3) is 0.462. The SMILES string of the molecule is NS(=O)(=O)c1cc(Cl)c(Cl)c(C(=O)NCCCC2CC2)c1. The minimum Gasteiger partial charge on any atom is -0.352 e. The van der Waals surface area contributed by atoms with Gasteiger partial charge in [-0.2, -0.15) is 0 Å². The summed E-state index contributed by atoms with van der Waals surface area (Å²) < 4.78 is 22.7. The first-order valence-electron chi connectivity index (χ1n) is 6.59. The molecule has 1 aliphatic carbocycles.